The van der Waals surface area contributed by atoms with Crippen molar-refractivity contribution in [3.63, 3.8) is 0 Å². The summed E-state index contributed by atoms with van der Waals surface area (Å²) in [6, 6.07) is 7.61. The van der Waals surface area contributed by atoms with Gasteiger partial charge in [0.1, 0.15) is 0 Å². The molecule has 0 aliphatic carbocycles. The highest BCUT2D eigenvalue weighted by molar-refractivity contribution is 7.99. The van der Waals surface area contributed by atoms with Crippen molar-refractivity contribution in [2.45, 2.75) is 30.3 Å². The summed E-state index contributed by atoms with van der Waals surface area (Å²) in [7, 11) is 0. The van der Waals surface area contributed by atoms with Crippen LogP contribution in [0.1, 0.15) is 18.2 Å². The molecule has 1 aliphatic heterocycles. The molecular formula is C22H28N8O2S2. The smallest absolute Gasteiger partial charge is 0.234 e. The van der Waals surface area contributed by atoms with Crippen LogP contribution in [0.3, 0.4) is 0 Å². The number of aromatic nitrogens is 4. The maximum atomic E-state index is 11.6. The van der Waals surface area contributed by atoms with E-state index in [9.17, 15) is 9.90 Å². The first-order valence-corrected chi connectivity index (χ1v) is 12.8. The van der Waals surface area contributed by atoms with Gasteiger partial charge < -0.3 is 15.3 Å². The van der Waals surface area contributed by atoms with Gasteiger partial charge >= 0.3 is 0 Å². The Bertz CT molecular complexity index is 1100. The van der Waals surface area contributed by atoms with Crippen molar-refractivity contribution in [3.05, 3.63) is 35.3 Å². The van der Waals surface area contributed by atoms with E-state index in [0.29, 0.717) is 30.0 Å². The van der Waals surface area contributed by atoms with Gasteiger partial charge in [-0.1, -0.05) is 6.92 Å². The second-order valence-electron chi connectivity index (χ2n) is 7.72. The molecule has 0 unspecified atom stereocenters. The Labute approximate surface area is 206 Å². The van der Waals surface area contributed by atoms with Gasteiger partial charge in [-0.05, 0) is 43.0 Å². The Morgan fingerprint density at radius 2 is 1.91 bits per heavy atom. The number of aliphatic hydroxyl groups excluding tert-OH is 1. The van der Waals surface area contributed by atoms with E-state index in [4.69, 9.17) is 4.98 Å². The van der Waals surface area contributed by atoms with Gasteiger partial charge in [-0.25, -0.2) is 4.98 Å². The minimum atomic E-state index is -0.0188. The van der Waals surface area contributed by atoms with Crippen LogP contribution in [0.2, 0.25) is 0 Å². The van der Waals surface area contributed by atoms with Gasteiger partial charge in [0.25, 0.3) is 0 Å². The average Bonchev–Trinajstić information content (AvgIpc) is 3.25. The molecule has 180 valence electrons. The summed E-state index contributed by atoms with van der Waals surface area (Å²) in [5.74, 6) is 1.05. The van der Waals surface area contributed by atoms with Crippen LogP contribution >= 0.6 is 23.1 Å². The molecule has 1 aliphatic rings. The number of thiazole rings is 1. The van der Waals surface area contributed by atoms with E-state index in [1.807, 2.05) is 44.3 Å². The summed E-state index contributed by atoms with van der Waals surface area (Å²) < 4.78 is 0. The Morgan fingerprint density at radius 1 is 1.15 bits per heavy atom. The van der Waals surface area contributed by atoms with E-state index in [0.717, 1.165) is 46.8 Å². The molecule has 4 rings (SSSR count). The van der Waals surface area contributed by atoms with Crippen molar-refractivity contribution in [2.24, 2.45) is 0 Å². The monoisotopic (exact) mass is 500 g/mol. The molecule has 1 aromatic carbocycles. The number of carbonyl (C=O) groups excluding carboxylic acids is 1. The second kappa shape index (κ2) is 11.6. The molecule has 0 saturated carbocycles. The van der Waals surface area contributed by atoms with E-state index in [2.05, 4.69) is 35.4 Å². The number of β-amino-alcohol motifs (C(OH)–C–C–N with tert-alkyl or cyclic N) is 1. The number of nitrogens with one attached hydrogen (secondary N) is 2. The minimum Gasteiger partial charge on any atom is -0.395 e. The summed E-state index contributed by atoms with van der Waals surface area (Å²) >= 11 is 2.98. The number of hydrogen-bond acceptors (Lipinski definition) is 11. The number of nitrogens with zero attached hydrogens (tertiary/aromatic N) is 6. The molecule has 3 N–H and O–H groups in total. The van der Waals surface area contributed by atoms with Gasteiger partial charge in [0.15, 0.2) is 10.3 Å². The summed E-state index contributed by atoms with van der Waals surface area (Å²) in [6.07, 6.45) is 2.25. The standard InChI is InChI=1S/C22H28N8O2S2/c1-3-18(32)24-16-4-6-17(7-5-16)34-22-27-19(26-21-23-14-15(2)33-21)25-20(28-22)30-10-8-29(9-11-30)12-13-31/h4-7,14,31H,3,8-13H2,1-2H3,(H,24,32)(H,23,25,26,27,28). The molecule has 1 fully saturated rings. The molecule has 2 aromatic heterocycles. The number of amides is 1. The molecular weight excluding hydrogens is 472 g/mol. The lowest BCUT2D eigenvalue weighted by Gasteiger charge is -2.34. The van der Waals surface area contributed by atoms with E-state index >= 15 is 0 Å². The number of piperazine rings is 1. The molecule has 34 heavy (non-hydrogen) atoms. The predicted octanol–water partition coefficient (Wildman–Crippen LogP) is 2.99. The molecule has 3 heterocycles. The lowest BCUT2D eigenvalue weighted by molar-refractivity contribution is -0.115. The van der Waals surface area contributed by atoms with Crippen LogP contribution in [-0.2, 0) is 4.79 Å². The van der Waals surface area contributed by atoms with Crippen molar-refractivity contribution in [2.75, 3.05) is 54.9 Å². The molecule has 10 nitrogen and oxygen atoms in total. The van der Waals surface area contributed by atoms with E-state index in [1.54, 1.807) is 0 Å². The zero-order valence-corrected chi connectivity index (χ0v) is 20.8. The normalized spacial score (nSPS) is 14.3. The fraction of sp³-hybridized carbons (Fsp3) is 0.409. The number of carbonyl (C=O) groups is 1. The number of anilines is 4. The van der Waals surface area contributed by atoms with Crippen LogP contribution in [0.15, 0.2) is 40.5 Å². The van der Waals surface area contributed by atoms with Crippen LogP contribution in [0.25, 0.3) is 0 Å². The molecule has 12 heteroatoms. The predicted molar refractivity (Wildman–Crippen MR) is 135 cm³/mol. The molecule has 1 amide bonds. The van der Waals surface area contributed by atoms with Crippen LogP contribution in [0.4, 0.5) is 22.7 Å². The highest BCUT2D eigenvalue weighted by Crippen LogP contribution is 2.29. The van der Waals surface area contributed by atoms with E-state index in [-0.39, 0.29) is 12.5 Å². The zero-order chi connectivity index (χ0) is 23.9. The first-order valence-electron chi connectivity index (χ1n) is 11.1. The van der Waals surface area contributed by atoms with Crippen LogP contribution in [-0.4, -0.2) is 75.2 Å². The fourth-order valence-corrected chi connectivity index (χ4v) is 4.77. The maximum absolute atomic E-state index is 11.6. The molecule has 1 saturated heterocycles. The van der Waals surface area contributed by atoms with Gasteiger partial charge in [-0.3, -0.25) is 15.0 Å². The lowest BCUT2D eigenvalue weighted by atomic mass is 10.3. The van der Waals surface area contributed by atoms with Crippen LogP contribution in [0, 0.1) is 6.92 Å². The molecule has 0 spiro atoms. The number of aliphatic hydroxyl groups is 1. The number of rotatable bonds is 9. The summed E-state index contributed by atoms with van der Waals surface area (Å²) in [5.41, 5.74) is 0.759. The minimum absolute atomic E-state index is 0.0188. The first-order chi connectivity index (χ1) is 16.5. The van der Waals surface area contributed by atoms with E-state index < -0.39 is 0 Å². The molecule has 0 bridgehead atoms. The van der Waals surface area contributed by atoms with Crippen molar-refractivity contribution >= 4 is 51.7 Å². The molecule has 0 atom stereocenters. The summed E-state index contributed by atoms with van der Waals surface area (Å²) in [5, 5.41) is 16.6. The number of hydrogen-bond donors (Lipinski definition) is 3. The van der Waals surface area contributed by atoms with Gasteiger partial charge in [-0.15, -0.1) is 11.3 Å². The van der Waals surface area contributed by atoms with E-state index in [1.165, 1.54) is 23.1 Å². The Kier molecular flexibility index (Phi) is 8.27. The Morgan fingerprint density at radius 3 is 2.56 bits per heavy atom. The third kappa shape index (κ3) is 6.63. The van der Waals surface area contributed by atoms with Crippen molar-refractivity contribution in [3.8, 4) is 0 Å². The lowest BCUT2D eigenvalue weighted by Crippen LogP contribution is -2.47. The Hall–Kier alpha value is -2.80. The SMILES string of the molecule is CCC(=O)Nc1ccc(Sc2nc(Nc3ncc(C)s3)nc(N3CCN(CCO)CC3)n2)cc1. The molecule has 3 aromatic rings. The molecule has 0 radical (unpaired) electrons. The fourth-order valence-electron chi connectivity index (χ4n) is 3.37. The first kappa shape index (κ1) is 24.3. The van der Waals surface area contributed by atoms with Crippen molar-refractivity contribution < 1.29 is 9.90 Å². The summed E-state index contributed by atoms with van der Waals surface area (Å²) in [4.78, 5) is 36.4. The third-order valence-corrected chi connectivity index (χ3v) is 6.88. The van der Waals surface area contributed by atoms with Crippen LogP contribution < -0.4 is 15.5 Å². The third-order valence-electron chi connectivity index (χ3n) is 5.18. The highest BCUT2D eigenvalue weighted by atomic mass is 32.2. The van der Waals surface area contributed by atoms with Crippen molar-refractivity contribution in [1.82, 2.24) is 24.8 Å². The topological polar surface area (TPSA) is 119 Å². The largest absolute Gasteiger partial charge is 0.395 e. The zero-order valence-electron chi connectivity index (χ0n) is 19.2. The quantitative estimate of drug-likeness (QED) is 0.404. The van der Waals surface area contributed by atoms with Crippen molar-refractivity contribution in [1.29, 1.82) is 0 Å². The van der Waals surface area contributed by atoms with Gasteiger partial charge in [0, 0.05) is 60.8 Å². The number of aryl methyl sites for hydroxylation is 1. The van der Waals surface area contributed by atoms with Crippen LogP contribution in [0.5, 0.6) is 0 Å². The maximum Gasteiger partial charge on any atom is 0.234 e. The Balaban J connectivity index is 1.53. The van der Waals surface area contributed by atoms with Gasteiger partial charge in [-0.2, -0.15) is 15.0 Å². The van der Waals surface area contributed by atoms with Gasteiger partial charge in [0.2, 0.25) is 17.8 Å². The average molecular weight is 501 g/mol. The number of benzene rings is 1. The second-order valence-corrected chi connectivity index (χ2v) is 10.00. The summed E-state index contributed by atoms with van der Waals surface area (Å²) in [6.45, 7) is 7.89. The highest BCUT2D eigenvalue weighted by Gasteiger charge is 2.21. The van der Waals surface area contributed by atoms with Gasteiger partial charge in [0.05, 0.1) is 6.61 Å².